The third-order valence-electron chi connectivity index (χ3n) is 10.2. The highest BCUT2D eigenvalue weighted by molar-refractivity contribution is 7.15. The number of carbonyl (C=O) groups is 2. The van der Waals surface area contributed by atoms with E-state index in [0.717, 1.165) is 82.1 Å². The van der Waals surface area contributed by atoms with Crippen LogP contribution in [0.3, 0.4) is 0 Å². The zero-order chi connectivity index (χ0) is 43.7. The van der Waals surface area contributed by atoms with Gasteiger partial charge >= 0.3 is 0 Å². The van der Waals surface area contributed by atoms with Crippen molar-refractivity contribution in [3.63, 3.8) is 0 Å². The van der Waals surface area contributed by atoms with Crippen LogP contribution >= 0.6 is 22.7 Å². The summed E-state index contributed by atoms with van der Waals surface area (Å²) < 4.78 is 0. The predicted molar refractivity (Wildman–Crippen MR) is 264 cm³/mol. The number of likely N-dealkylation sites (tertiary alicyclic amines) is 1. The van der Waals surface area contributed by atoms with Gasteiger partial charge < -0.3 is 20.4 Å². The molecule has 0 aliphatic carbocycles. The Morgan fingerprint density at radius 3 is 1.82 bits per heavy atom. The fourth-order valence-electron chi connectivity index (χ4n) is 7.18. The van der Waals surface area contributed by atoms with Crippen LogP contribution in [0.15, 0.2) is 146 Å². The van der Waals surface area contributed by atoms with Crippen LogP contribution in [-0.4, -0.2) is 47.8 Å². The van der Waals surface area contributed by atoms with E-state index in [1.807, 2.05) is 97.7 Å². The molecule has 2 aromatic heterocycles. The van der Waals surface area contributed by atoms with Crippen molar-refractivity contribution in [1.29, 1.82) is 0 Å². The van der Waals surface area contributed by atoms with E-state index in [9.17, 15) is 9.59 Å². The molecule has 6 aromatic rings. The summed E-state index contributed by atoms with van der Waals surface area (Å²) in [6, 6.07) is 41.2. The maximum Gasteiger partial charge on any atom is 0.255 e. The lowest BCUT2D eigenvalue weighted by Crippen LogP contribution is -2.38. The summed E-state index contributed by atoms with van der Waals surface area (Å²) in [7, 11) is 0. The van der Waals surface area contributed by atoms with Crippen LogP contribution in [0.1, 0.15) is 76.8 Å². The van der Waals surface area contributed by atoms with E-state index in [0.29, 0.717) is 13.1 Å². The molecule has 8 heteroatoms. The zero-order valence-electron chi connectivity index (χ0n) is 36.5. The average Bonchev–Trinajstić information content (AvgIpc) is 4.06. The molecule has 7 rings (SSSR count). The number of thiophene rings is 2. The fourth-order valence-corrected chi connectivity index (χ4v) is 9.05. The first-order valence-corrected chi connectivity index (χ1v) is 22.8. The van der Waals surface area contributed by atoms with Gasteiger partial charge in [-0.25, -0.2) is 0 Å². The molecule has 1 fully saturated rings. The van der Waals surface area contributed by atoms with Crippen LogP contribution in [-0.2, 0) is 4.79 Å². The highest BCUT2D eigenvalue weighted by Crippen LogP contribution is 2.34. The third kappa shape index (κ3) is 13.0. The first kappa shape index (κ1) is 46.1. The molecular formula is C53H60N4O2S2. The van der Waals surface area contributed by atoms with E-state index in [1.165, 1.54) is 25.8 Å². The minimum Gasteiger partial charge on any atom is -0.358 e. The molecule has 316 valence electrons. The zero-order valence-corrected chi connectivity index (χ0v) is 38.2. The molecule has 0 spiro atoms. The van der Waals surface area contributed by atoms with Gasteiger partial charge in [-0.3, -0.25) is 9.59 Å². The van der Waals surface area contributed by atoms with Gasteiger partial charge in [0.25, 0.3) is 5.91 Å². The highest BCUT2D eigenvalue weighted by atomic mass is 32.1. The Bertz CT molecular complexity index is 2390. The SMILES string of the molecule is C=C(CN(C=O)CCC)Nc1ccc(/C=C/c2ccc(NC(=C)[C@@H]3CCCN3C(=O)c3ccccc3-c3ccc(C)s3)cc2)cc1.CC.Cc1ccc(-c2ccccc2C)s1. The van der Waals surface area contributed by atoms with Crippen molar-refractivity contribution < 1.29 is 9.59 Å². The Labute approximate surface area is 372 Å². The summed E-state index contributed by atoms with van der Waals surface area (Å²) in [4.78, 5) is 33.8. The van der Waals surface area contributed by atoms with Gasteiger partial charge in [0.15, 0.2) is 0 Å². The number of benzene rings is 4. The maximum absolute atomic E-state index is 13.8. The van der Waals surface area contributed by atoms with Crippen molar-refractivity contribution in [3.8, 4) is 20.9 Å². The lowest BCUT2D eigenvalue weighted by atomic mass is 10.0. The number of rotatable bonds is 15. The molecule has 0 radical (unpaired) electrons. The summed E-state index contributed by atoms with van der Waals surface area (Å²) in [5.74, 6) is 0.0536. The molecular weight excluding hydrogens is 789 g/mol. The number of amides is 2. The Hall–Kier alpha value is -5.96. The number of hydrogen-bond acceptors (Lipinski definition) is 6. The first-order chi connectivity index (χ1) is 29.6. The average molecular weight is 849 g/mol. The number of nitrogens with one attached hydrogen (secondary N) is 2. The fraction of sp³-hybridized carbons (Fsp3) is 0.245. The number of anilines is 2. The molecule has 6 nitrogen and oxygen atoms in total. The second-order valence-corrected chi connectivity index (χ2v) is 17.4. The largest absolute Gasteiger partial charge is 0.358 e. The minimum atomic E-state index is -0.0693. The van der Waals surface area contributed by atoms with Crippen LogP contribution in [0.25, 0.3) is 33.0 Å². The molecule has 2 amide bonds. The predicted octanol–water partition coefficient (Wildman–Crippen LogP) is 14.0. The van der Waals surface area contributed by atoms with E-state index in [-0.39, 0.29) is 11.9 Å². The van der Waals surface area contributed by atoms with Gasteiger partial charge in [-0.1, -0.05) is 113 Å². The van der Waals surface area contributed by atoms with Gasteiger partial charge in [-0.15, -0.1) is 22.7 Å². The van der Waals surface area contributed by atoms with Crippen molar-refractivity contribution in [2.45, 2.75) is 66.8 Å². The van der Waals surface area contributed by atoms with Crippen molar-refractivity contribution >= 4 is 58.5 Å². The summed E-state index contributed by atoms with van der Waals surface area (Å²) in [5, 5.41) is 6.75. The third-order valence-corrected chi connectivity index (χ3v) is 12.3. The van der Waals surface area contributed by atoms with E-state index < -0.39 is 0 Å². The Balaban J connectivity index is 0.000000395. The quantitative estimate of drug-likeness (QED) is 0.0798. The lowest BCUT2D eigenvalue weighted by Gasteiger charge is -2.28. The van der Waals surface area contributed by atoms with Crippen LogP contribution in [0.4, 0.5) is 11.4 Å². The van der Waals surface area contributed by atoms with Crippen LogP contribution in [0.5, 0.6) is 0 Å². The van der Waals surface area contributed by atoms with Crippen LogP contribution in [0, 0.1) is 20.8 Å². The standard InChI is InChI=1S/C39H42N4O2S.C12H12S.C2H6/c1-5-24-42(27-44)26-28(2)40-33-19-15-31(16-20-33)13-14-32-17-21-34(22-18-32)41-30(4)37-11-8-25-43(37)39(45)36-10-7-6-9-35(36)38-23-12-29(3)46-38;1-9-5-3-4-6-11(9)12-8-7-10(2)13-12;1-2/h6-7,9-10,12-23,27,37,40-41H,2,4-5,8,11,24-26H2,1,3H3;3-8H,1-2H3;1-2H3/b14-13+;;/t37-;;/m0../s1. The van der Waals surface area contributed by atoms with Gasteiger partial charge in [-0.2, -0.15) is 0 Å². The van der Waals surface area contributed by atoms with Gasteiger partial charge in [0.2, 0.25) is 6.41 Å². The normalized spacial score (nSPS) is 13.1. The monoisotopic (exact) mass is 848 g/mol. The number of hydrogen-bond donors (Lipinski definition) is 2. The van der Waals surface area contributed by atoms with Crippen molar-refractivity contribution in [1.82, 2.24) is 9.80 Å². The van der Waals surface area contributed by atoms with Gasteiger partial charge in [0, 0.05) is 66.5 Å². The Kier molecular flexibility index (Phi) is 17.5. The summed E-state index contributed by atoms with van der Waals surface area (Å²) in [6.07, 6.45) is 7.77. The van der Waals surface area contributed by atoms with Crippen molar-refractivity contribution in [2.75, 3.05) is 30.3 Å². The molecule has 61 heavy (non-hydrogen) atoms. The van der Waals surface area contributed by atoms with E-state index in [4.69, 9.17) is 0 Å². The molecule has 4 aromatic carbocycles. The van der Waals surface area contributed by atoms with Gasteiger partial charge in [-0.05, 0) is 117 Å². The molecule has 0 bridgehead atoms. The first-order valence-electron chi connectivity index (χ1n) is 21.2. The molecule has 1 aliphatic heterocycles. The number of carbonyl (C=O) groups excluding carboxylic acids is 2. The van der Waals surface area contributed by atoms with E-state index >= 15 is 0 Å². The van der Waals surface area contributed by atoms with Gasteiger partial charge in [0.1, 0.15) is 0 Å². The summed E-state index contributed by atoms with van der Waals surface area (Å²) >= 11 is 3.57. The second kappa shape index (κ2) is 23.1. The summed E-state index contributed by atoms with van der Waals surface area (Å²) in [6.45, 7) is 22.8. The minimum absolute atomic E-state index is 0.0536. The molecule has 1 atom stereocenters. The Morgan fingerprint density at radius 1 is 0.738 bits per heavy atom. The molecule has 1 aliphatic rings. The molecule has 3 heterocycles. The highest BCUT2D eigenvalue weighted by Gasteiger charge is 2.32. The smallest absolute Gasteiger partial charge is 0.255 e. The molecule has 1 saturated heterocycles. The van der Waals surface area contributed by atoms with E-state index in [2.05, 4.69) is 117 Å². The van der Waals surface area contributed by atoms with Gasteiger partial charge in [0.05, 0.1) is 12.6 Å². The Morgan fingerprint density at radius 2 is 1.28 bits per heavy atom. The van der Waals surface area contributed by atoms with Crippen molar-refractivity contribution in [2.24, 2.45) is 0 Å². The topological polar surface area (TPSA) is 64.7 Å². The molecule has 2 N–H and O–H groups in total. The molecule has 0 unspecified atom stereocenters. The van der Waals surface area contributed by atoms with Crippen molar-refractivity contribution in [3.05, 3.63) is 178 Å². The van der Waals surface area contributed by atoms with E-state index in [1.54, 1.807) is 16.2 Å². The van der Waals surface area contributed by atoms with Crippen LogP contribution in [0.2, 0.25) is 0 Å². The number of nitrogens with zero attached hydrogens (tertiary/aromatic N) is 2. The maximum atomic E-state index is 13.8. The summed E-state index contributed by atoms with van der Waals surface area (Å²) in [5.41, 5.74) is 10.1. The molecule has 0 saturated carbocycles. The van der Waals surface area contributed by atoms with Crippen LogP contribution < -0.4 is 10.6 Å². The second-order valence-electron chi connectivity index (χ2n) is 14.9. The lowest BCUT2D eigenvalue weighted by molar-refractivity contribution is -0.117. The number of aryl methyl sites for hydroxylation is 3.